The van der Waals surface area contributed by atoms with Gasteiger partial charge in [-0.3, -0.25) is 4.79 Å². The van der Waals surface area contributed by atoms with Crippen LogP contribution >= 0.6 is 0 Å². The number of rotatable bonds is 5. The van der Waals surface area contributed by atoms with Crippen LogP contribution in [-0.2, 0) is 0 Å². The van der Waals surface area contributed by atoms with E-state index in [4.69, 9.17) is 0 Å². The molecule has 0 amide bonds. The van der Waals surface area contributed by atoms with Gasteiger partial charge in [-0.05, 0) is 35.8 Å². The summed E-state index contributed by atoms with van der Waals surface area (Å²) in [5.41, 5.74) is 2.47. The Labute approximate surface area is 114 Å². The standard InChI is InChI=1S/C18H16O/c1-2-3-13-18(15-9-10-16(18)12-11-15)17(19)14-7-5-4-6-8-14/h4-5,8-12H,2-3,13H2,1H3. The van der Waals surface area contributed by atoms with E-state index in [0.717, 1.165) is 30.4 Å². The highest BCUT2D eigenvalue weighted by Gasteiger charge is 2.47. The largest absolute Gasteiger partial charge is 0.293 e. The Hall–Kier alpha value is -1.89. The number of fused-ring (bicyclic) bond motifs is 2. The van der Waals surface area contributed by atoms with Gasteiger partial charge in [0.25, 0.3) is 0 Å². The van der Waals surface area contributed by atoms with Crippen LogP contribution in [-0.4, -0.2) is 5.78 Å². The Morgan fingerprint density at radius 1 is 1.21 bits per heavy atom. The molecule has 0 saturated heterocycles. The molecule has 2 aliphatic rings. The van der Waals surface area contributed by atoms with Crippen molar-refractivity contribution in [2.24, 2.45) is 5.41 Å². The van der Waals surface area contributed by atoms with Gasteiger partial charge in [0, 0.05) is 5.56 Å². The third-order valence-corrected chi connectivity index (χ3v) is 4.05. The minimum atomic E-state index is -0.443. The summed E-state index contributed by atoms with van der Waals surface area (Å²) in [5.74, 6) is 0.165. The van der Waals surface area contributed by atoms with Crippen molar-refractivity contribution in [2.75, 3.05) is 0 Å². The third-order valence-electron chi connectivity index (χ3n) is 4.05. The van der Waals surface area contributed by atoms with E-state index in [2.05, 4.69) is 43.4 Å². The van der Waals surface area contributed by atoms with E-state index in [0.29, 0.717) is 5.56 Å². The van der Waals surface area contributed by atoms with Crippen LogP contribution in [0.4, 0.5) is 0 Å². The van der Waals surface area contributed by atoms with Gasteiger partial charge in [0.15, 0.2) is 5.78 Å². The fourth-order valence-electron chi connectivity index (χ4n) is 3.03. The molecule has 0 fully saturated rings. The lowest BCUT2D eigenvalue weighted by Gasteiger charge is -2.28. The van der Waals surface area contributed by atoms with Gasteiger partial charge < -0.3 is 0 Å². The lowest BCUT2D eigenvalue weighted by Crippen LogP contribution is -2.30. The zero-order valence-corrected chi connectivity index (χ0v) is 11.1. The number of hydrogen-bond donors (Lipinski definition) is 0. The number of Topliss-reactive ketones (excluding diaryl/α,β-unsaturated/α-hetero) is 1. The second kappa shape index (κ2) is 4.65. The first kappa shape index (κ1) is 12.2. The molecule has 0 spiro atoms. The lowest BCUT2D eigenvalue weighted by molar-refractivity contribution is 0.0875. The summed E-state index contributed by atoms with van der Waals surface area (Å²) in [7, 11) is 0. The van der Waals surface area contributed by atoms with Crippen LogP contribution in [0.5, 0.6) is 0 Å². The molecule has 0 heterocycles. The maximum atomic E-state index is 13.0. The van der Waals surface area contributed by atoms with Gasteiger partial charge in [-0.15, -0.1) is 0 Å². The molecule has 2 bridgehead atoms. The van der Waals surface area contributed by atoms with Gasteiger partial charge in [0.05, 0.1) is 5.41 Å². The van der Waals surface area contributed by atoms with E-state index in [9.17, 15) is 4.79 Å². The van der Waals surface area contributed by atoms with Gasteiger partial charge in [0.1, 0.15) is 0 Å². The molecule has 2 aliphatic carbocycles. The zero-order chi connectivity index (χ0) is 13.3. The summed E-state index contributed by atoms with van der Waals surface area (Å²) in [5, 5.41) is 0. The van der Waals surface area contributed by atoms with Crippen molar-refractivity contribution < 1.29 is 4.79 Å². The SMILES string of the molecule is CCCCC1(C(=O)c2[c]cc[c]c2)C2=CC=C1C=C2. The predicted octanol–water partition coefficient (Wildman–Crippen LogP) is 4.08. The Morgan fingerprint density at radius 3 is 2.47 bits per heavy atom. The lowest BCUT2D eigenvalue weighted by atomic mass is 9.71. The molecule has 0 saturated carbocycles. The Kier molecular flexibility index (Phi) is 2.98. The second-order valence-corrected chi connectivity index (χ2v) is 5.12. The molecular formula is C18H16O. The summed E-state index contributed by atoms with van der Waals surface area (Å²) in [6.45, 7) is 2.16. The van der Waals surface area contributed by atoms with Crippen molar-refractivity contribution in [1.82, 2.24) is 0 Å². The molecule has 1 nitrogen and oxygen atoms in total. The highest BCUT2D eigenvalue weighted by Crippen LogP contribution is 2.52. The Morgan fingerprint density at radius 2 is 1.95 bits per heavy atom. The molecule has 1 heteroatoms. The van der Waals surface area contributed by atoms with Gasteiger partial charge in [-0.2, -0.15) is 0 Å². The number of benzene rings is 1. The first-order valence-electron chi connectivity index (χ1n) is 6.82. The van der Waals surface area contributed by atoms with Crippen LogP contribution < -0.4 is 0 Å². The summed E-state index contributed by atoms with van der Waals surface area (Å²) in [6, 6.07) is 11.3. The highest BCUT2D eigenvalue weighted by atomic mass is 16.1. The monoisotopic (exact) mass is 248 g/mol. The normalized spacial score (nSPS) is 18.4. The molecule has 0 unspecified atom stereocenters. The van der Waals surface area contributed by atoms with Crippen molar-refractivity contribution in [1.29, 1.82) is 0 Å². The smallest absolute Gasteiger partial charge is 0.178 e. The minimum absolute atomic E-state index is 0.165. The first-order chi connectivity index (χ1) is 9.29. The average Bonchev–Trinajstić information content (AvgIpc) is 3.01. The fourth-order valence-corrected chi connectivity index (χ4v) is 3.03. The highest BCUT2D eigenvalue weighted by molar-refractivity contribution is 6.07. The van der Waals surface area contributed by atoms with Crippen LogP contribution in [0.15, 0.2) is 53.6 Å². The maximum Gasteiger partial charge on any atom is 0.178 e. The van der Waals surface area contributed by atoms with Crippen molar-refractivity contribution in [3.63, 3.8) is 0 Å². The Bertz CT molecular complexity index is 565. The molecule has 1 aromatic rings. The van der Waals surface area contributed by atoms with Crippen LogP contribution in [0, 0.1) is 17.5 Å². The summed E-state index contributed by atoms with van der Waals surface area (Å²) < 4.78 is 0. The van der Waals surface area contributed by atoms with Gasteiger partial charge >= 0.3 is 0 Å². The minimum Gasteiger partial charge on any atom is -0.293 e. The molecule has 0 N–H and O–H groups in total. The molecule has 94 valence electrons. The molecule has 0 aliphatic heterocycles. The maximum absolute atomic E-state index is 13.0. The van der Waals surface area contributed by atoms with E-state index in [1.54, 1.807) is 18.2 Å². The van der Waals surface area contributed by atoms with Crippen molar-refractivity contribution in [3.05, 3.63) is 71.3 Å². The first-order valence-corrected chi connectivity index (χ1v) is 6.82. The summed E-state index contributed by atoms with van der Waals surface area (Å²) in [6.07, 6.45) is 11.4. The molecule has 0 atom stereocenters. The average molecular weight is 248 g/mol. The quantitative estimate of drug-likeness (QED) is 0.717. The van der Waals surface area contributed by atoms with Gasteiger partial charge in [0.2, 0.25) is 0 Å². The number of hydrogen-bond acceptors (Lipinski definition) is 1. The van der Waals surface area contributed by atoms with E-state index < -0.39 is 5.41 Å². The zero-order valence-electron chi connectivity index (χ0n) is 11.1. The van der Waals surface area contributed by atoms with Crippen molar-refractivity contribution in [3.8, 4) is 0 Å². The van der Waals surface area contributed by atoms with Gasteiger partial charge in [-0.1, -0.05) is 56.2 Å². The number of carbonyl (C=O) groups is 1. The van der Waals surface area contributed by atoms with E-state index in [1.807, 2.05) is 0 Å². The van der Waals surface area contributed by atoms with E-state index in [1.165, 1.54) is 0 Å². The molecule has 1 aromatic carbocycles. The number of unbranched alkanes of at least 4 members (excludes halogenated alkanes) is 1. The predicted molar refractivity (Wildman–Crippen MR) is 75.7 cm³/mol. The fraction of sp³-hybridized carbons (Fsp3) is 0.278. The van der Waals surface area contributed by atoms with Crippen LogP contribution in [0.25, 0.3) is 0 Å². The van der Waals surface area contributed by atoms with Crippen molar-refractivity contribution >= 4 is 5.78 Å². The van der Waals surface area contributed by atoms with E-state index in [-0.39, 0.29) is 5.78 Å². The Balaban J connectivity index is 2.01. The molecule has 19 heavy (non-hydrogen) atoms. The van der Waals surface area contributed by atoms with Crippen LogP contribution in [0.2, 0.25) is 0 Å². The summed E-state index contributed by atoms with van der Waals surface area (Å²) in [4.78, 5) is 13.0. The van der Waals surface area contributed by atoms with Gasteiger partial charge in [-0.25, -0.2) is 0 Å². The molecule has 3 rings (SSSR count). The van der Waals surface area contributed by atoms with Crippen molar-refractivity contribution in [2.45, 2.75) is 26.2 Å². The molecule has 0 aromatic heterocycles. The number of ketones is 1. The van der Waals surface area contributed by atoms with E-state index >= 15 is 0 Å². The van der Waals surface area contributed by atoms with Crippen LogP contribution in [0.1, 0.15) is 36.5 Å². The van der Waals surface area contributed by atoms with Crippen LogP contribution in [0.3, 0.4) is 0 Å². The second-order valence-electron chi connectivity index (χ2n) is 5.12. The number of carbonyl (C=O) groups excluding carboxylic acids is 1. The number of allylic oxidation sites excluding steroid dienone is 6. The topological polar surface area (TPSA) is 17.1 Å². The molecular weight excluding hydrogens is 232 g/mol. The third kappa shape index (κ3) is 1.73. The summed E-state index contributed by atoms with van der Waals surface area (Å²) >= 11 is 0. The molecule has 2 radical (unpaired) electrons.